The number of rotatable bonds is 4. The predicted octanol–water partition coefficient (Wildman–Crippen LogP) is 3.74. The van der Waals surface area contributed by atoms with Crippen molar-refractivity contribution in [1.82, 2.24) is 4.90 Å². The minimum Gasteiger partial charge on any atom is -0.489 e. The van der Waals surface area contributed by atoms with Crippen LogP contribution >= 0.6 is 0 Å². The third kappa shape index (κ3) is 3.43. The molecule has 1 aromatic carbocycles. The molecule has 1 saturated heterocycles. The van der Waals surface area contributed by atoms with E-state index >= 15 is 0 Å². The van der Waals surface area contributed by atoms with Gasteiger partial charge in [0.1, 0.15) is 12.4 Å². The van der Waals surface area contributed by atoms with Crippen LogP contribution in [0.2, 0.25) is 0 Å². The van der Waals surface area contributed by atoms with Gasteiger partial charge in [0.15, 0.2) is 5.76 Å². The molecule has 1 unspecified atom stereocenters. The Bertz CT molecular complexity index is 760. The topological polar surface area (TPSA) is 66.5 Å². The van der Waals surface area contributed by atoms with Crippen molar-refractivity contribution in [3.8, 4) is 11.8 Å². The molecular weight excluding hydrogens is 304 g/mol. The van der Waals surface area contributed by atoms with Gasteiger partial charge in [0, 0.05) is 18.2 Å². The van der Waals surface area contributed by atoms with E-state index in [2.05, 4.69) is 13.0 Å². The van der Waals surface area contributed by atoms with Crippen LogP contribution in [0, 0.1) is 11.3 Å². The summed E-state index contributed by atoms with van der Waals surface area (Å²) in [6, 6.07) is 11.0. The molecule has 0 saturated carbocycles. The second kappa shape index (κ2) is 7.22. The number of benzene rings is 1. The smallest absolute Gasteiger partial charge is 0.290 e. The normalized spacial score (nSPS) is 17.3. The number of carbonyl (C=O) groups excluding carboxylic acids is 1. The first-order valence-corrected chi connectivity index (χ1v) is 8.19. The van der Waals surface area contributed by atoms with Gasteiger partial charge >= 0.3 is 0 Å². The zero-order chi connectivity index (χ0) is 16.9. The fraction of sp³-hybridized carbons (Fsp3) is 0.368. The monoisotopic (exact) mass is 324 g/mol. The third-order valence-electron chi connectivity index (χ3n) is 4.36. The van der Waals surface area contributed by atoms with Gasteiger partial charge in [-0.3, -0.25) is 4.79 Å². The number of nitriles is 1. The fourth-order valence-corrected chi connectivity index (χ4v) is 2.98. The largest absolute Gasteiger partial charge is 0.489 e. The van der Waals surface area contributed by atoms with Crippen molar-refractivity contribution in [1.29, 1.82) is 5.26 Å². The van der Waals surface area contributed by atoms with E-state index in [1.807, 2.05) is 4.90 Å². The number of amides is 1. The van der Waals surface area contributed by atoms with Crippen molar-refractivity contribution in [2.24, 2.45) is 0 Å². The Labute approximate surface area is 141 Å². The fourth-order valence-electron chi connectivity index (χ4n) is 2.98. The second-order valence-electron chi connectivity index (χ2n) is 6.05. The van der Waals surface area contributed by atoms with Gasteiger partial charge in [0.2, 0.25) is 0 Å². The van der Waals surface area contributed by atoms with Crippen molar-refractivity contribution in [2.75, 3.05) is 6.54 Å². The Balaban J connectivity index is 1.71. The van der Waals surface area contributed by atoms with Crippen molar-refractivity contribution in [3.63, 3.8) is 0 Å². The average molecular weight is 324 g/mol. The molecule has 3 rings (SSSR count). The SMILES string of the molecule is CC1CCCCN1C(=O)c1occc1COc1cccc(C#N)c1. The Morgan fingerprint density at radius 3 is 3.08 bits per heavy atom. The summed E-state index contributed by atoms with van der Waals surface area (Å²) in [5, 5.41) is 8.93. The zero-order valence-electron chi connectivity index (χ0n) is 13.7. The Hall–Kier alpha value is -2.74. The van der Waals surface area contributed by atoms with Crippen LogP contribution in [0.5, 0.6) is 5.75 Å². The van der Waals surface area contributed by atoms with Crippen LogP contribution in [-0.4, -0.2) is 23.4 Å². The summed E-state index contributed by atoms with van der Waals surface area (Å²) in [7, 11) is 0. The van der Waals surface area contributed by atoms with Gasteiger partial charge in [-0.1, -0.05) is 6.07 Å². The number of carbonyl (C=O) groups is 1. The molecule has 24 heavy (non-hydrogen) atoms. The second-order valence-corrected chi connectivity index (χ2v) is 6.05. The summed E-state index contributed by atoms with van der Waals surface area (Å²) in [6.45, 7) is 3.07. The van der Waals surface area contributed by atoms with Gasteiger partial charge in [0.05, 0.1) is 17.9 Å². The van der Waals surface area contributed by atoms with Crippen molar-refractivity contribution in [3.05, 3.63) is 53.5 Å². The highest BCUT2D eigenvalue weighted by molar-refractivity contribution is 5.93. The molecule has 1 aliphatic rings. The van der Waals surface area contributed by atoms with Crippen LogP contribution in [0.15, 0.2) is 41.0 Å². The number of hydrogen-bond donors (Lipinski definition) is 0. The van der Waals surface area contributed by atoms with E-state index in [4.69, 9.17) is 14.4 Å². The molecule has 5 nitrogen and oxygen atoms in total. The minimum atomic E-state index is -0.0726. The maximum absolute atomic E-state index is 12.7. The molecule has 0 aliphatic carbocycles. The third-order valence-corrected chi connectivity index (χ3v) is 4.36. The Kier molecular flexibility index (Phi) is 4.85. The molecule has 124 valence electrons. The maximum Gasteiger partial charge on any atom is 0.290 e. The summed E-state index contributed by atoms with van der Waals surface area (Å²) in [4.78, 5) is 14.6. The maximum atomic E-state index is 12.7. The molecule has 5 heteroatoms. The number of likely N-dealkylation sites (tertiary alicyclic amines) is 1. The first-order chi connectivity index (χ1) is 11.7. The van der Waals surface area contributed by atoms with Crippen LogP contribution in [0.4, 0.5) is 0 Å². The summed E-state index contributed by atoms with van der Waals surface area (Å²) in [6.07, 6.45) is 4.74. The number of furan rings is 1. The number of piperidine rings is 1. The van der Waals surface area contributed by atoms with Crippen LogP contribution in [0.1, 0.15) is 47.9 Å². The molecule has 0 spiro atoms. The predicted molar refractivity (Wildman–Crippen MR) is 88.5 cm³/mol. The number of nitrogens with zero attached hydrogens (tertiary/aromatic N) is 2. The number of ether oxygens (including phenoxy) is 1. The van der Waals surface area contributed by atoms with E-state index in [9.17, 15) is 4.79 Å². The van der Waals surface area contributed by atoms with E-state index in [0.29, 0.717) is 17.1 Å². The molecule has 0 N–H and O–H groups in total. The lowest BCUT2D eigenvalue weighted by Crippen LogP contribution is -2.42. The van der Waals surface area contributed by atoms with Gasteiger partial charge in [-0.2, -0.15) is 5.26 Å². The molecule has 2 aromatic rings. The van der Waals surface area contributed by atoms with Crippen LogP contribution < -0.4 is 4.74 Å². The van der Waals surface area contributed by atoms with Crippen molar-refractivity contribution >= 4 is 5.91 Å². The van der Waals surface area contributed by atoms with E-state index in [1.165, 1.54) is 6.26 Å². The summed E-state index contributed by atoms with van der Waals surface area (Å²) in [5.41, 5.74) is 1.26. The standard InChI is InChI=1S/C19H20N2O3/c1-14-5-2-3-9-21(14)19(22)18-16(8-10-23-18)13-24-17-7-4-6-15(11-17)12-20/h4,6-8,10-11,14H,2-3,5,9,13H2,1H3. The Morgan fingerprint density at radius 1 is 1.42 bits per heavy atom. The van der Waals surface area contributed by atoms with E-state index in [-0.39, 0.29) is 18.6 Å². The van der Waals surface area contributed by atoms with E-state index in [0.717, 1.165) is 31.4 Å². The highest BCUT2D eigenvalue weighted by Crippen LogP contribution is 2.23. The highest BCUT2D eigenvalue weighted by Gasteiger charge is 2.28. The molecule has 1 amide bonds. The molecule has 1 aliphatic heterocycles. The van der Waals surface area contributed by atoms with Crippen LogP contribution in [-0.2, 0) is 6.61 Å². The first kappa shape index (κ1) is 16.1. The molecule has 0 bridgehead atoms. The summed E-state index contributed by atoms with van der Waals surface area (Å²) < 4.78 is 11.2. The quantitative estimate of drug-likeness (QED) is 0.859. The summed E-state index contributed by atoms with van der Waals surface area (Å²) >= 11 is 0. The molecule has 1 aromatic heterocycles. The van der Waals surface area contributed by atoms with Gasteiger partial charge in [0.25, 0.3) is 5.91 Å². The van der Waals surface area contributed by atoms with Gasteiger partial charge < -0.3 is 14.1 Å². The zero-order valence-corrected chi connectivity index (χ0v) is 13.7. The average Bonchev–Trinajstić information content (AvgIpc) is 3.08. The molecule has 1 atom stereocenters. The van der Waals surface area contributed by atoms with Crippen LogP contribution in [0.3, 0.4) is 0 Å². The van der Waals surface area contributed by atoms with Gasteiger partial charge in [-0.15, -0.1) is 0 Å². The molecule has 1 fully saturated rings. The Morgan fingerprint density at radius 2 is 2.29 bits per heavy atom. The van der Waals surface area contributed by atoms with Gasteiger partial charge in [-0.05, 0) is 50.5 Å². The van der Waals surface area contributed by atoms with E-state index in [1.54, 1.807) is 30.3 Å². The molecule has 0 radical (unpaired) electrons. The highest BCUT2D eigenvalue weighted by atomic mass is 16.5. The van der Waals surface area contributed by atoms with Crippen molar-refractivity contribution < 1.29 is 13.9 Å². The van der Waals surface area contributed by atoms with Crippen LogP contribution in [0.25, 0.3) is 0 Å². The van der Waals surface area contributed by atoms with Crippen molar-refractivity contribution in [2.45, 2.75) is 38.8 Å². The number of hydrogen-bond acceptors (Lipinski definition) is 4. The lowest BCUT2D eigenvalue weighted by Gasteiger charge is -2.32. The minimum absolute atomic E-state index is 0.0726. The van der Waals surface area contributed by atoms with Gasteiger partial charge in [-0.25, -0.2) is 0 Å². The molecular formula is C19H20N2O3. The summed E-state index contributed by atoms with van der Waals surface area (Å²) in [5.74, 6) is 0.872. The molecule has 2 heterocycles. The lowest BCUT2D eigenvalue weighted by atomic mass is 10.0. The lowest BCUT2D eigenvalue weighted by molar-refractivity contribution is 0.0599. The van der Waals surface area contributed by atoms with E-state index < -0.39 is 0 Å². The first-order valence-electron chi connectivity index (χ1n) is 8.19.